The number of methoxy groups -OCH3 is 3. The Morgan fingerprint density at radius 3 is 2.32 bits per heavy atom. The van der Waals surface area contributed by atoms with E-state index >= 15 is 0 Å². The van der Waals surface area contributed by atoms with Crippen LogP contribution in [0.2, 0.25) is 0 Å². The Morgan fingerprint density at radius 1 is 0.968 bits per heavy atom. The average molecular weight is 439 g/mol. The van der Waals surface area contributed by atoms with Gasteiger partial charge in [-0.25, -0.2) is 0 Å². The van der Waals surface area contributed by atoms with Crippen LogP contribution in [0, 0.1) is 39.9 Å². The Hall–Kier alpha value is -0.280. The van der Waals surface area contributed by atoms with Gasteiger partial charge in [-0.2, -0.15) is 0 Å². The molecule has 4 N–H and O–H groups in total. The van der Waals surface area contributed by atoms with Crippen molar-refractivity contribution in [1.29, 1.82) is 0 Å². The van der Waals surface area contributed by atoms with Crippen LogP contribution < -0.4 is 0 Å². The molecule has 6 aliphatic carbocycles. The van der Waals surface area contributed by atoms with Crippen LogP contribution in [0.3, 0.4) is 0 Å². The molecule has 6 saturated carbocycles. The summed E-state index contributed by atoms with van der Waals surface area (Å²) in [5, 5.41) is 48.4. The van der Waals surface area contributed by atoms with Gasteiger partial charge >= 0.3 is 0 Å². The van der Waals surface area contributed by atoms with Crippen LogP contribution in [0.5, 0.6) is 0 Å². The van der Waals surface area contributed by atoms with Gasteiger partial charge in [-0.1, -0.05) is 6.92 Å². The Bertz CT molecular complexity index is 792. The molecule has 31 heavy (non-hydrogen) atoms. The number of aliphatic hydroxyl groups excluding tert-OH is 2. The zero-order valence-corrected chi connectivity index (χ0v) is 19.1. The maximum Gasteiger partial charge on any atom is 0.0822 e. The van der Waals surface area contributed by atoms with E-state index in [1.807, 2.05) is 0 Å². The van der Waals surface area contributed by atoms with E-state index < -0.39 is 40.2 Å². The molecule has 1 unspecified atom stereocenters. The van der Waals surface area contributed by atoms with E-state index in [1.54, 1.807) is 21.3 Å². The van der Waals surface area contributed by atoms with Gasteiger partial charge in [0.25, 0.3) is 0 Å². The first-order chi connectivity index (χ1) is 14.7. The number of hydrogen-bond acceptors (Lipinski definition) is 7. The lowest BCUT2D eigenvalue weighted by Gasteiger charge is -2.66. The van der Waals surface area contributed by atoms with Gasteiger partial charge in [0.15, 0.2) is 0 Å². The number of ether oxygens (including phenoxy) is 3. The van der Waals surface area contributed by atoms with E-state index in [9.17, 15) is 20.4 Å². The highest BCUT2D eigenvalue weighted by molar-refractivity contribution is 5.43. The fourth-order valence-corrected chi connectivity index (χ4v) is 11.6. The molecule has 0 aromatic carbocycles. The molecule has 0 radical (unpaired) electrons. The predicted molar refractivity (Wildman–Crippen MR) is 110 cm³/mol. The van der Waals surface area contributed by atoms with Gasteiger partial charge in [-0.05, 0) is 37.5 Å². The van der Waals surface area contributed by atoms with E-state index in [0.29, 0.717) is 25.9 Å². The second-order valence-corrected chi connectivity index (χ2v) is 11.8. The van der Waals surface area contributed by atoms with Crippen molar-refractivity contribution in [3.05, 3.63) is 0 Å². The summed E-state index contributed by atoms with van der Waals surface area (Å²) in [6, 6.07) is 0. The van der Waals surface area contributed by atoms with Gasteiger partial charge in [0.2, 0.25) is 0 Å². The lowest BCUT2D eigenvalue weighted by molar-refractivity contribution is -0.314. The summed E-state index contributed by atoms with van der Waals surface area (Å²) in [6.45, 7) is 2.70. The lowest BCUT2D eigenvalue weighted by Crippen LogP contribution is -2.75. The third-order valence-corrected chi connectivity index (χ3v) is 11.6. The minimum atomic E-state index is -1.38. The number of rotatable bonds is 5. The number of hydrogen-bond donors (Lipinski definition) is 4. The molecular formula is C24H38O7. The third-order valence-electron chi connectivity index (χ3n) is 11.6. The maximum absolute atomic E-state index is 12.7. The highest BCUT2D eigenvalue weighted by atomic mass is 16.5. The standard InChI is InChI=1S/C24H38O7/c1-5-21-10-20(11-29-2)7-6-14(25)24(21)18(20)16(31-4)19(21)22(27)9-13(30-3)12-8-23(24,28)17(22)15(12)26/h12-19,25-28H,5-11H2,1-4H3/t12-,13-,14-,15-,16+,17+,18+,19-,20-,21?,22+,23-,24+/m0/s1. The van der Waals surface area contributed by atoms with Crippen molar-refractivity contribution in [3.63, 3.8) is 0 Å². The van der Waals surface area contributed by atoms with Crippen molar-refractivity contribution in [2.45, 2.75) is 81.1 Å². The van der Waals surface area contributed by atoms with Crippen molar-refractivity contribution in [1.82, 2.24) is 0 Å². The molecule has 0 aromatic rings. The molecule has 6 fully saturated rings. The van der Waals surface area contributed by atoms with E-state index in [1.165, 1.54) is 0 Å². The first-order valence-electron chi connectivity index (χ1n) is 12.0. The van der Waals surface area contributed by atoms with E-state index in [2.05, 4.69) is 6.92 Å². The molecule has 7 heteroatoms. The molecule has 7 bridgehead atoms. The van der Waals surface area contributed by atoms with Crippen molar-refractivity contribution >= 4 is 0 Å². The molecule has 13 atom stereocenters. The Labute approximate surface area is 184 Å². The highest BCUT2D eigenvalue weighted by Crippen LogP contribution is 2.90. The van der Waals surface area contributed by atoms with Crippen molar-refractivity contribution < 1.29 is 34.6 Å². The molecule has 0 heterocycles. The summed E-state index contributed by atoms with van der Waals surface area (Å²) < 4.78 is 17.7. The molecule has 6 rings (SSSR count). The molecule has 0 aromatic heterocycles. The normalized spacial score (nSPS) is 65.4. The molecule has 7 nitrogen and oxygen atoms in total. The monoisotopic (exact) mass is 438 g/mol. The molecule has 0 amide bonds. The van der Waals surface area contributed by atoms with Gasteiger partial charge in [-0.15, -0.1) is 0 Å². The van der Waals surface area contributed by atoms with Crippen molar-refractivity contribution in [3.8, 4) is 0 Å². The van der Waals surface area contributed by atoms with Gasteiger partial charge in [0.1, 0.15) is 0 Å². The summed E-state index contributed by atoms with van der Waals surface area (Å²) >= 11 is 0. The molecule has 176 valence electrons. The summed E-state index contributed by atoms with van der Waals surface area (Å²) in [5.41, 5.74) is -4.19. The zero-order chi connectivity index (χ0) is 22.2. The molecule has 0 aliphatic heterocycles. The van der Waals surface area contributed by atoms with Gasteiger partial charge in [-0.3, -0.25) is 0 Å². The third kappa shape index (κ3) is 1.80. The largest absolute Gasteiger partial charge is 0.392 e. The topological polar surface area (TPSA) is 109 Å². The summed E-state index contributed by atoms with van der Waals surface area (Å²) in [6.07, 6.45) is 1.54. The molecular weight excluding hydrogens is 400 g/mol. The maximum atomic E-state index is 12.7. The molecule has 1 spiro atoms. The van der Waals surface area contributed by atoms with Crippen LogP contribution in [0.4, 0.5) is 0 Å². The van der Waals surface area contributed by atoms with Gasteiger partial charge in [0, 0.05) is 62.3 Å². The van der Waals surface area contributed by atoms with Gasteiger partial charge in [0.05, 0.1) is 42.2 Å². The second kappa shape index (κ2) is 6.04. The number of aliphatic hydroxyl groups is 4. The first kappa shape index (κ1) is 21.3. The first-order valence-corrected chi connectivity index (χ1v) is 12.0. The van der Waals surface area contributed by atoms with E-state index in [4.69, 9.17) is 14.2 Å². The van der Waals surface area contributed by atoms with E-state index in [0.717, 1.165) is 19.3 Å². The highest BCUT2D eigenvalue weighted by Gasteiger charge is 2.95. The zero-order valence-electron chi connectivity index (χ0n) is 19.1. The minimum absolute atomic E-state index is 0.120. The smallest absolute Gasteiger partial charge is 0.0822 e. The quantitative estimate of drug-likeness (QED) is 0.501. The minimum Gasteiger partial charge on any atom is -0.392 e. The average Bonchev–Trinajstić information content (AvgIpc) is 3.21. The fraction of sp³-hybridized carbons (Fsp3) is 1.00. The van der Waals surface area contributed by atoms with Crippen LogP contribution in [-0.2, 0) is 14.2 Å². The Balaban J connectivity index is 1.68. The van der Waals surface area contributed by atoms with Crippen LogP contribution in [0.1, 0.15) is 45.4 Å². The van der Waals surface area contributed by atoms with Crippen molar-refractivity contribution in [2.24, 2.45) is 39.9 Å². The van der Waals surface area contributed by atoms with E-state index in [-0.39, 0.29) is 35.4 Å². The summed E-state index contributed by atoms with van der Waals surface area (Å²) in [5.74, 6) is -1.33. The lowest BCUT2D eigenvalue weighted by atomic mass is 9.41. The van der Waals surface area contributed by atoms with Crippen LogP contribution in [0.25, 0.3) is 0 Å². The SMILES string of the molecule is CCC12C[C@]3(COC)CC[C@H](O)[C@@]14[C@@H]3[C@@H](OC)[C@@H]2[C@@]1(O)C[C@H](OC)[C@@H]2C[C@]4(O)[C@@H]1[C@H]2O. The second-order valence-electron chi connectivity index (χ2n) is 11.8. The van der Waals surface area contributed by atoms with Crippen LogP contribution >= 0.6 is 0 Å². The number of fused-ring (bicyclic) bond motifs is 2. The molecule has 6 aliphatic rings. The summed E-state index contributed by atoms with van der Waals surface area (Å²) in [7, 11) is 5.04. The van der Waals surface area contributed by atoms with Crippen LogP contribution in [0.15, 0.2) is 0 Å². The predicted octanol–water partition coefficient (Wildman–Crippen LogP) is 0.713. The molecule has 0 saturated heterocycles. The summed E-state index contributed by atoms with van der Waals surface area (Å²) in [4.78, 5) is 0. The van der Waals surface area contributed by atoms with Crippen LogP contribution in [-0.4, -0.2) is 84.0 Å². The van der Waals surface area contributed by atoms with Gasteiger partial charge < -0.3 is 34.6 Å². The fourth-order valence-electron chi connectivity index (χ4n) is 11.6. The van der Waals surface area contributed by atoms with Crippen molar-refractivity contribution in [2.75, 3.05) is 27.9 Å². The Kier molecular flexibility index (Phi) is 4.14. The Morgan fingerprint density at radius 2 is 1.71 bits per heavy atom.